The van der Waals surface area contributed by atoms with Gasteiger partial charge in [-0.05, 0) is 13.0 Å². The predicted octanol–water partition coefficient (Wildman–Crippen LogP) is 0.787. The molecule has 0 aliphatic carbocycles. The second kappa shape index (κ2) is 7.70. The van der Waals surface area contributed by atoms with E-state index in [4.69, 9.17) is 15.2 Å². The Hall–Kier alpha value is -1.66. The Kier molecular flexibility index (Phi) is 6.24. The largest absolute Gasteiger partial charge is 0.397 e. The number of pyridine rings is 1. The Morgan fingerprint density at radius 1 is 1.47 bits per heavy atom. The predicted molar refractivity (Wildman–Crippen MR) is 72.9 cm³/mol. The van der Waals surface area contributed by atoms with Gasteiger partial charge in [0.25, 0.3) is 5.91 Å². The fourth-order valence-electron chi connectivity index (χ4n) is 1.80. The number of nitrogens with zero attached hydrogens (tertiary/aromatic N) is 2. The van der Waals surface area contributed by atoms with E-state index in [-0.39, 0.29) is 11.9 Å². The van der Waals surface area contributed by atoms with Crippen LogP contribution in [-0.2, 0) is 9.47 Å². The maximum atomic E-state index is 12.5. The molecule has 6 heteroatoms. The molecule has 19 heavy (non-hydrogen) atoms. The molecule has 0 saturated heterocycles. The highest BCUT2D eigenvalue weighted by molar-refractivity contribution is 5.99. The summed E-state index contributed by atoms with van der Waals surface area (Å²) in [5, 5.41) is 0. The van der Waals surface area contributed by atoms with Gasteiger partial charge in [0, 0.05) is 27.0 Å². The SMILES string of the molecule is COCCN(C(=O)c1ccncc1N)C(C)COC. The Morgan fingerprint density at radius 2 is 2.21 bits per heavy atom. The van der Waals surface area contributed by atoms with E-state index in [0.29, 0.717) is 31.0 Å². The quantitative estimate of drug-likeness (QED) is 0.790. The van der Waals surface area contributed by atoms with Crippen molar-refractivity contribution in [2.75, 3.05) is 39.7 Å². The van der Waals surface area contributed by atoms with E-state index in [0.717, 1.165) is 0 Å². The van der Waals surface area contributed by atoms with E-state index >= 15 is 0 Å². The van der Waals surface area contributed by atoms with Gasteiger partial charge in [0.1, 0.15) is 0 Å². The maximum absolute atomic E-state index is 12.5. The zero-order chi connectivity index (χ0) is 14.3. The van der Waals surface area contributed by atoms with Crippen LogP contribution in [0.15, 0.2) is 18.5 Å². The number of amides is 1. The molecule has 0 bridgehead atoms. The number of nitrogen functional groups attached to an aromatic ring is 1. The molecule has 0 spiro atoms. The number of rotatable bonds is 7. The smallest absolute Gasteiger partial charge is 0.256 e. The van der Waals surface area contributed by atoms with Crippen molar-refractivity contribution >= 4 is 11.6 Å². The Labute approximate surface area is 113 Å². The van der Waals surface area contributed by atoms with Gasteiger partial charge in [-0.2, -0.15) is 0 Å². The van der Waals surface area contributed by atoms with Gasteiger partial charge in [-0.1, -0.05) is 0 Å². The number of nitrogens with two attached hydrogens (primary N) is 1. The molecule has 1 amide bonds. The number of hydrogen-bond donors (Lipinski definition) is 1. The van der Waals surface area contributed by atoms with E-state index in [1.54, 1.807) is 31.4 Å². The number of carbonyl (C=O) groups excluding carboxylic acids is 1. The van der Waals surface area contributed by atoms with Crippen LogP contribution in [0, 0.1) is 0 Å². The standard InChI is InChI=1S/C13H21N3O3/c1-10(9-19-3)16(6-7-18-2)13(17)11-4-5-15-8-12(11)14/h4-5,8,10H,6-7,9,14H2,1-3H3. The lowest BCUT2D eigenvalue weighted by Crippen LogP contribution is -2.43. The van der Waals surface area contributed by atoms with Gasteiger partial charge >= 0.3 is 0 Å². The lowest BCUT2D eigenvalue weighted by atomic mass is 10.1. The molecule has 1 aromatic heterocycles. The highest BCUT2D eigenvalue weighted by atomic mass is 16.5. The van der Waals surface area contributed by atoms with Crippen molar-refractivity contribution in [2.45, 2.75) is 13.0 Å². The summed E-state index contributed by atoms with van der Waals surface area (Å²) in [6.07, 6.45) is 3.03. The maximum Gasteiger partial charge on any atom is 0.256 e. The topological polar surface area (TPSA) is 77.7 Å². The highest BCUT2D eigenvalue weighted by Crippen LogP contribution is 2.14. The zero-order valence-electron chi connectivity index (χ0n) is 11.6. The number of carbonyl (C=O) groups is 1. The summed E-state index contributed by atoms with van der Waals surface area (Å²) in [5.41, 5.74) is 6.62. The zero-order valence-corrected chi connectivity index (χ0v) is 11.6. The average Bonchev–Trinajstić information content (AvgIpc) is 2.39. The molecule has 0 aromatic carbocycles. The molecule has 2 N–H and O–H groups in total. The second-order valence-corrected chi connectivity index (χ2v) is 4.26. The summed E-state index contributed by atoms with van der Waals surface area (Å²) < 4.78 is 10.1. The van der Waals surface area contributed by atoms with Crippen LogP contribution in [0.4, 0.5) is 5.69 Å². The molecule has 1 unspecified atom stereocenters. The van der Waals surface area contributed by atoms with E-state index < -0.39 is 0 Å². The third-order valence-electron chi connectivity index (χ3n) is 2.82. The molecule has 0 aliphatic rings. The van der Waals surface area contributed by atoms with Crippen molar-refractivity contribution in [3.8, 4) is 0 Å². The molecule has 0 fully saturated rings. The summed E-state index contributed by atoms with van der Waals surface area (Å²) in [4.78, 5) is 18.1. The molecule has 1 atom stereocenters. The first kappa shape index (κ1) is 15.4. The van der Waals surface area contributed by atoms with Crippen molar-refractivity contribution in [1.82, 2.24) is 9.88 Å². The van der Waals surface area contributed by atoms with Crippen molar-refractivity contribution in [3.63, 3.8) is 0 Å². The van der Waals surface area contributed by atoms with E-state index in [1.165, 1.54) is 6.20 Å². The third kappa shape index (κ3) is 4.18. The molecular formula is C13H21N3O3. The molecule has 1 rings (SSSR count). The van der Waals surface area contributed by atoms with Gasteiger partial charge in [-0.25, -0.2) is 0 Å². The van der Waals surface area contributed by atoms with Gasteiger partial charge < -0.3 is 20.1 Å². The highest BCUT2D eigenvalue weighted by Gasteiger charge is 2.22. The van der Waals surface area contributed by atoms with Crippen LogP contribution in [0.25, 0.3) is 0 Å². The van der Waals surface area contributed by atoms with Crippen LogP contribution < -0.4 is 5.73 Å². The summed E-state index contributed by atoms with van der Waals surface area (Å²) in [6.45, 7) is 3.33. The van der Waals surface area contributed by atoms with Gasteiger partial charge in [-0.3, -0.25) is 9.78 Å². The van der Waals surface area contributed by atoms with Gasteiger partial charge in [-0.15, -0.1) is 0 Å². The monoisotopic (exact) mass is 267 g/mol. The van der Waals surface area contributed by atoms with Crippen molar-refractivity contribution < 1.29 is 14.3 Å². The number of aromatic nitrogens is 1. The normalized spacial score (nSPS) is 12.2. The minimum Gasteiger partial charge on any atom is -0.397 e. The first-order chi connectivity index (χ1) is 9.11. The molecule has 106 valence electrons. The third-order valence-corrected chi connectivity index (χ3v) is 2.82. The summed E-state index contributed by atoms with van der Waals surface area (Å²) in [5.74, 6) is -0.137. The lowest BCUT2D eigenvalue weighted by Gasteiger charge is -2.29. The van der Waals surface area contributed by atoms with Gasteiger partial charge in [0.05, 0.1) is 36.7 Å². The molecule has 0 aliphatic heterocycles. The van der Waals surface area contributed by atoms with Crippen molar-refractivity contribution in [1.29, 1.82) is 0 Å². The summed E-state index contributed by atoms with van der Waals surface area (Å²) in [6, 6.07) is 1.57. The summed E-state index contributed by atoms with van der Waals surface area (Å²) in [7, 11) is 3.21. The summed E-state index contributed by atoms with van der Waals surface area (Å²) >= 11 is 0. The number of anilines is 1. The van der Waals surface area contributed by atoms with Crippen LogP contribution in [-0.4, -0.2) is 55.8 Å². The van der Waals surface area contributed by atoms with Crippen LogP contribution in [0.3, 0.4) is 0 Å². The van der Waals surface area contributed by atoms with Crippen LogP contribution in [0.2, 0.25) is 0 Å². The van der Waals surface area contributed by atoms with E-state index in [9.17, 15) is 4.79 Å². The minimum atomic E-state index is -0.137. The van der Waals surface area contributed by atoms with Crippen LogP contribution >= 0.6 is 0 Å². The number of methoxy groups -OCH3 is 2. The van der Waals surface area contributed by atoms with Crippen LogP contribution in [0.5, 0.6) is 0 Å². The Bertz CT molecular complexity index is 412. The fraction of sp³-hybridized carbons (Fsp3) is 0.538. The average molecular weight is 267 g/mol. The number of ether oxygens (including phenoxy) is 2. The molecule has 0 saturated carbocycles. The molecule has 1 heterocycles. The van der Waals surface area contributed by atoms with Crippen molar-refractivity contribution in [3.05, 3.63) is 24.0 Å². The first-order valence-electron chi connectivity index (χ1n) is 6.10. The second-order valence-electron chi connectivity index (χ2n) is 4.26. The van der Waals surface area contributed by atoms with Gasteiger partial charge in [0.2, 0.25) is 0 Å². The lowest BCUT2D eigenvalue weighted by molar-refractivity contribution is 0.0480. The fourth-order valence-corrected chi connectivity index (χ4v) is 1.80. The minimum absolute atomic E-state index is 0.0554. The molecular weight excluding hydrogens is 246 g/mol. The molecule has 1 aromatic rings. The van der Waals surface area contributed by atoms with Crippen LogP contribution in [0.1, 0.15) is 17.3 Å². The Balaban J connectivity index is 2.90. The molecule has 6 nitrogen and oxygen atoms in total. The molecule has 0 radical (unpaired) electrons. The van der Waals surface area contributed by atoms with E-state index in [1.807, 2.05) is 6.92 Å². The van der Waals surface area contributed by atoms with E-state index in [2.05, 4.69) is 4.98 Å². The van der Waals surface area contributed by atoms with Gasteiger partial charge in [0.15, 0.2) is 0 Å². The van der Waals surface area contributed by atoms with Crippen molar-refractivity contribution in [2.24, 2.45) is 0 Å². The first-order valence-corrected chi connectivity index (χ1v) is 6.10. The number of hydrogen-bond acceptors (Lipinski definition) is 5. The Morgan fingerprint density at radius 3 is 2.79 bits per heavy atom.